The zero-order valence-corrected chi connectivity index (χ0v) is 17.7. The first-order valence-electron chi connectivity index (χ1n) is 9.72. The summed E-state index contributed by atoms with van der Waals surface area (Å²) in [6.45, 7) is 0.631. The second-order valence-corrected chi connectivity index (χ2v) is 8.11. The zero-order valence-electron chi connectivity index (χ0n) is 16.2. The fraction of sp³-hybridized carbons (Fsp3) is 0.0400. The number of anilines is 2. The van der Waals surface area contributed by atoms with Crippen LogP contribution in [0, 0.1) is 0 Å². The number of rotatable bonds is 4. The Balaban J connectivity index is 1.60. The topological polar surface area (TPSA) is 49.4 Å². The molecule has 0 saturated heterocycles. The first-order valence-corrected chi connectivity index (χ1v) is 10.5. The molecule has 0 aliphatic carbocycles. The van der Waals surface area contributed by atoms with Crippen molar-refractivity contribution >= 4 is 57.2 Å². The molecule has 0 aromatic heterocycles. The van der Waals surface area contributed by atoms with Crippen LogP contribution in [0.4, 0.5) is 11.4 Å². The fourth-order valence-electron chi connectivity index (χ4n) is 3.92. The number of nitrogens with one attached hydrogen (secondary N) is 1. The van der Waals surface area contributed by atoms with Crippen molar-refractivity contribution in [2.45, 2.75) is 6.54 Å². The molecular weight excluding hydrogens is 431 g/mol. The molecule has 1 heterocycles. The van der Waals surface area contributed by atoms with Gasteiger partial charge < -0.3 is 5.32 Å². The number of imide groups is 1. The zero-order chi connectivity index (χ0) is 21.5. The number of benzene rings is 4. The minimum atomic E-state index is -0.424. The highest BCUT2D eigenvalue weighted by Gasteiger charge is 2.35. The van der Waals surface area contributed by atoms with Crippen molar-refractivity contribution in [2.75, 3.05) is 10.2 Å². The monoisotopic (exact) mass is 446 g/mol. The van der Waals surface area contributed by atoms with Gasteiger partial charge in [-0.3, -0.25) is 9.59 Å². The second-order valence-electron chi connectivity index (χ2n) is 7.27. The Morgan fingerprint density at radius 1 is 0.774 bits per heavy atom. The molecule has 0 radical (unpaired) electrons. The van der Waals surface area contributed by atoms with E-state index < -0.39 is 11.8 Å². The van der Waals surface area contributed by atoms with Gasteiger partial charge in [-0.2, -0.15) is 0 Å². The van der Waals surface area contributed by atoms with Crippen LogP contribution in [0.3, 0.4) is 0 Å². The summed E-state index contributed by atoms with van der Waals surface area (Å²) in [4.78, 5) is 27.8. The third-order valence-corrected chi connectivity index (χ3v) is 5.94. The predicted octanol–water partition coefficient (Wildman–Crippen LogP) is 6.56. The molecule has 31 heavy (non-hydrogen) atoms. The van der Waals surface area contributed by atoms with E-state index in [0.29, 0.717) is 28.1 Å². The molecule has 152 valence electrons. The quantitative estimate of drug-likeness (QED) is 0.361. The van der Waals surface area contributed by atoms with Crippen molar-refractivity contribution in [1.82, 2.24) is 0 Å². The van der Waals surface area contributed by atoms with E-state index in [9.17, 15) is 9.59 Å². The Morgan fingerprint density at radius 3 is 2.29 bits per heavy atom. The Morgan fingerprint density at radius 2 is 1.52 bits per heavy atom. The number of hydrogen-bond acceptors (Lipinski definition) is 3. The highest BCUT2D eigenvalue weighted by molar-refractivity contribution is 6.41. The third-order valence-electron chi connectivity index (χ3n) is 5.38. The molecule has 2 amide bonds. The van der Waals surface area contributed by atoms with E-state index in [1.54, 1.807) is 24.3 Å². The van der Waals surface area contributed by atoms with Crippen LogP contribution in [0.25, 0.3) is 10.8 Å². The second kappa shape index (κ2) is 7.73. The van der Waals surface area contributed by atoms with Crippen LogP contribution in [0.15, 0.2) is 78.9 Å². The SMILES string of the molecule is O=C1c2cccc3c(NCc4ccccc4)ccc(c23)C(=O)N1c1cc(Cl)ccc1Cl. The highest BCUT2D eigenvalue weighted by atomic mass is 35.5. The summed E-state index contributed by atoms with van der Waals surface area (Å²) in [5.74, 6) is -0.847. The van der Waals surface area contributed by atoms with E-state index in [-0.39, 0.29) is 10.7 Å². The van der Waals surface area contributed by atoms with Gasteiger partial charge in [0.05, 0.1) is 10.7 Å². The lowest BCUT2D eigenvalue weighted by Crippen LogP contribution is -2.40. The molecule has 0 bridgehead atoms. The number of hydrogen-bond donors (Lipinski definition) is 1. The molecule has 0 unspecified atom stereocenters. The average molecular weight is 447 g/mol. The molecule has 0 atom stereocenters. The smallest absolute Gasteiger partial charge is 0.266 e. The van der Waals surface area contributed by atoms with Crippen molar-refractivity contribution < 1.29 is 9.59 Å². The minimum absolute atomic E-state index is 0.276. The highest BCUT2D eigenvalue weighted by Crippen LogP contribution is 2.38. The van der Waals surface area contributed by atoms with Gasteiger partial charge >= 0.3 is 0 Å². The van der Waals surface area contributed by atoms with Gasteiger partial charge in [0, 0.05) is 39.2 Å². The van der Waals surface area contributed by atoms with Crippen LogP contribution in [-0.2, 0) is 6.54 Å². The van der Waals surface area contributed by atoms with Crippen molar-refractivity contribution in [3.63, 3.8) is 0 Å². The molecule has 6 heteroatoms. The van der Waals surface area contributed by atoms with E-state index >= 15 is 0 Å². The summed E-state index contributed by atoms with van der Waals surface area (Å²) in [6.07, 6.45) is 0. The first-order chi connectivity index (χ1) is 15.0. The van der Waals surface area contributed by atoms with Gasteiger partial charge in [0.2, 0.25) is 0 Å². The van der Waals surface area contributed by atoms with Crippen molar-refractivity contribution in [3.05, 3.63) is 106 Å². The molecular formula is C25H16Cl2N2O2. The van der Waals surface area contributed by atoms with Gasteiger partial charge in [0.1, 0.15) is 0 Å². The summed E-state index contributed by atoms with van der Waals surface area (Å²) < 4.78 is 0. The summed E-state index contributed by atoms with van der Waals surface area (Å²) in [5, 5.41) is 5.56. The van der Waals surface area contributed by atoms with Crippen LogP contribution in [0.5, 0.6) is 0 Å². The van der Waals surface area contributed by atoms with Crippen LogP contribution < -0.4 is 10.2 Å². The van der Waals surface area contributed by atoms with E-state index in [1.807, 2.05) is 48.5 Å². The molecule has 0 fully saturated rings. The van der Waals surface area contributed by atoms with E-state index in [1.165, 1.54) is 6.07 Å². The van der Waals surface area contributed by atoms with Crippen molar-refractivity contribution in [2.24, 2.45) is 0 Å². The van der Waals surface area contributed by atoms with E-state index in [4.69, 9.17) is 23.2 Å². The van der Waals surface area contributed by atoms with Crippen LogP contribution in [0.1, 0.15) is 26.3 Å². The maximum Gasteiger partial charge on any atom is 0.266 e. The lowest BCUT2D eigenvalue weighted by atomic mass is 9.92. The van der Waals surface area contributed by atoms with Gasteiger partial charge in [0.15, 0.2) is 0 Å². The maximum atomic E-state index is 13.4. The lowest BCUT2D eigenvalue weighted by Gasteiger charge is -2.28. The largest absolute Gasteiger partial charge is 0.380 e. The molecule has 4 aromatic carbocycles. The summed E-state index contributed by atoms with van der Waals surface area (Å²) in [6, 6.07) is 23.8. The van der Waals surface area contributed by atoms with Gasteiger partial charge in [-0.1, -0.05) is 65.7 Å². The fourth-order valence-corrected chi connectivity index (χ4v) is 4.29. The molecule has 1 aliphatic heterocycles. The Bertz CT molecular complexity index is 1330. The summed E-state index contributed by atoms with van der Waals surface area (Å²) >= 11 is 12.4. The van der Waals surface area contributed by atoms with E-state index in [0.717, 1.165) is 21.5 Å². The Hall–Kier alpha value is -3.34. The molecule has 5 rings (SSSR count). The third kappa shape index (κ3) is 3.34. The number of carbonyl (C=O) groups excluding carboxylic acids is 2. The molecule has 1 aliphatic rings. The maximum absolute atomic E-state index is 13.4. The number of amides is 2. The lowest BCUT2D eigenvalue weighted by molar-refractivity contribution is 0.0893. The number of nitrogens with zero attached hydrogens (tertiary/aromatic N) is 1. The van der Waals surface area contributed by atoms with Crippen molar-refractivity contribution in [3.8, 4) is 0 Å². The molecule has 0 saturated carbocycles. The van der Waals surface area contributed by atoms with Gasteiger partial charge in [0.25, 0.3) is 11.8 Å². The standard InChI is InChI=1S/C25H16Cl2N2O2/c26-16-9-11-20(27)22(13-16)29-24(30)18-8-4-7-17-21(12-10-19(23(17)18)25(29)31)28-14-15-5-2-1-3-6-15/h1-13,28H,14H2. The molecule has 4 aromatic rings. The van der Waals surface area contributed by atoms with Crippen molar-refractivity contribution in [1.29, 1.82) is 0 Å². The minimum Gasteiger partial charge on any atom is -0.380 e. The number of carbonyl (C=O) groups is 2. The normalized spacial score (nSPS) is 13.0. The molecule has 1 N–H and O–H groups in total. The Kier molecular flexibility index (Phi) is 4.89. The van der Waals surface area contributed by atoms with Crippen LogP contribution >= 0.6 is 23.2 Å². The summed E-state index contributed by atoms with van der Waals surface area (Å²) in [5.41, 5.74) is 3.17. The number of halogens is 2. The average Bonchev–Trinajstić information content (AvgIpc) is 2.79. The molecule has 0 spiro atoms. The van der Waals surface area contributed by atoms with Crippen LogP contribution in [0.2, 0.25) is 10.0 Å². The first kappa shape index (κ1) is 19.6. The molecule has 4 nitrogen and oxygen atoms in total. The van der Waals surface area contributed by atoms with Crippen LogP contribution in [-0.4, -0.2) is 11.8 Å². The van der Waals surface area contributed by atoms with Gasteiger partial charge in [-0.05, 0) is 42.0 Å². The van der Waals surface area contributed by atoms with E-state index in [2.05, 4.69) is 5.32 Å². The summed E-state index contributed by atoms with van der Waals surface area (Å²) in [7, 11) is 0. The van der Waals surface area contributed by atoms with Gasteiger partial charge in [-0.25, -0.2) is 4.90 Å². The van der Waals surface area contributed by atoms with Gasteiger partial charge in [-0.15, -0.1) is 0 Å². The predicted molar refractivity (Wildman–Crippen MR) is 125 cm³/mol. The Labute approximate surface area is 189 Å².